The second-order valence-corrected chi connectivity index (χ2v) is 7.67. The van der Waals surface area contributed by atoms with E-state index in [1.54, 1.807) is 0 Å². The second kappa shape index (κ2) is 9.24. The Hall–Kier alpha value is -2.33. The molecule has 0 spiro atoms. The van der Waals surface area contributed by atoms with Gasteiger partial charge in [0.1, 0.15) is 5.82 Å². The summed E-state index contributed by atoms with van der Waals surface area (Å²) in [4.78, 5) is 36.8. The summed E-state index contributed by atoms with van der Waals surface area (Å²) >= 11 is 0. The molecule has 2 aliphatic carbocycles. The van der Waals surface area contributed by atoms with Crippen molar-refractivity contribution in [2.24, 2.45) is 17.7 Å². The third kappa shape index (κ3) is 5.35. The molecule has 0 saturated heterocycles. The maximum absolute atomic E-state index is 13.1. The van der Waals surface area contributed by atoms with E-state index in [0.717, 1.165) is 43.5 Å². The van der Waals surface area contributed by atoms with Crippen molar-refractivity contribution < 1.29 is 14.8 Å². The molecular formula is C18H29N7O3. The number of aromatic nitrogens is 3. The molecule has 0 radical (unpaired) electrons. The summed E-state index contributed by atoms with van der Waals surface area (Å²) in [6, 6.07) is 0.354. The van der Waals surface area contributed by atoms with Crippen molar-refractivity contribution >= 4 is 24.2 Å². The Morgan fingerprint density at radius 3 is 2.61 bits per heavy atom. The number of rotatable bonds is 10. The number of hydroxylamine groups is 2. The highest BCUT2D eigenvalue weighted by Crippen LogP contribution is 2.31. The van der Waals surface area contributed by atoms with Crippen molar-refractivity contribution in [1.29, 1.82) is 0 Å². The summed E-state index contributed by atoms with van der Waals surface area (Å²) in [7, 11) is 0. The number of carbonyl (C=O) groups is 2. The minimum atomic E-state index is -0.620. The van der Waals surface area contributed by atoms with Crippen LogP contribution in [0.1, 0.15) is 57.7 Å². The van der Waals surface area contributed by atoms with Crippen LogP contribution in [0.15, 0.2) is 0 Å². The largest absolute Gasteiger partial charge is 0.351 e. The maximum Gasteiger partial charge on any atom is 0.252 e. The molecule has 154 valence electrons. The summed E-state index contributed by atoms with van der Waals surface area (Å²) in [6.45, 7) is 1.81. The molecule has 10 heteroatoms. The standard InChI is InChI=1S/C18H29N7O3/c1-2-15-21-17(20-14-7-8-14)23-18(22-15)25(19)16(27)13(10-24(28)11-26)9-12-5-3-4-6-12/h11-14,28H,2-10,19H2,1H3,(H,20,21,22,23)/t13-/m1/s1. The molecule has 1 aromatic rings. The van der Waals surface area contributed by atoms with E-state index >= 15 is 0 Å². The van der Waals surface area contributed by atoms with E-state index < -0.39 is 11.8 Å². The first kappa shape index (κ1) is 20.4. The molecule has 0 aliphatic heterocycles. The molecule has 28 heavy (non-hydrogen) atoms. The monoisotopic (exact) mass is 391 g/mol. The first-order valence-electron chi connectivity index (χ1n) is 10.0. The number of amides is 2. The highest BCUT2D eigenvalue weighted by molar-refractivity contribution is 5.92. The molecule has 10 nitrogen and oxygen atoms in total. The van der Waals surface area contributed by atoms with Crippen LogP contribution in [-0.2, 0) is 16.0 Å². The zero-order chi connectivity index (χ0) is 20.1. The predicted molar refractivity (Wildman–Crippen MR) is 102 cm³/mol. The van der Waals surface area contributed by atoms with Gasteiger partial charge in [0.05, 0.1) is 12.5 Å². The molecular weight excluding hydrogens is 362 g/mol. The van der Waals surface area contributed by atoms with Gasteiger partial charge in [-0.3, -0.25) is 14.8 Å². The van der Waals surface area contributed by atoms with Gasteiger partial charge < -0.3 is 5.32 Å². The van der Waals surface area contributed by atoms with E-state index in [-0.39, 0.29) is 12.5 Å². The minimum Gasteiger partial charge on any atom is -0.351 e. The SMILES string of the molecule is CCc1nc(NC2CC2)nc(N(N)C(=O)[C@H](CC2CCCC2)CN(O)C=O)n1. The van der Waals surface area contributed by atoms with Crippen LogP contribution in [0, 0.1) is 11.8 Å². The highest BCUT2D eigenvalue weighted by Gasteiger charge is 2.31. The van der Waals surface area contributed by atoms with Crippen LogP contribution in [0.25, 0.3) is 0 Å². The van der Waals surface area contributed by atoms with Crippen LogP contribution in [-0.4, -0.2) is 50.1 Å². The van der Waals surface area contributed by atoms with Crippen LogP contribution in [0.4, 0.5) is 11.9 Å². The van der Waals surface area contributed by atoms with E-state index in [1.165, 1.54) is 0 Å². The van der Waals surface area contributed by atoms with Crippen LogP contribution in [0.3, 0.4) is 0 Å². The topological polar surface area (TPSA) is 138 Å². The number of hydrogen-bond acceptors (Lipinski definition) is 8. The van der Waals surface area contributed by atoms with Crippen LogP contribution < -0.4 is 16.2 Å². The van der Waals surface area contributed by atoms with Crippen molar-refractivity contribution in [3.8, 4) is 0 Å². The molecule has 2 fully saturated rings. The Labute approximate surface area is 164 Å². The van der Waals surface area contributed by atoms with Crippen molar-refractivity contribution in [3.63, 3.8) is 0 Å². The summed E-state index contributed by atoms with van der Waals surface area (Å²) in [5, 5.41) is 14.3. The van der Waals surface area contributed by atoms with Gasteiger partial charge in [0.2, 0.25) is 18.3 Å². The summed E-state index contributed by atoms with van der Waals surface area (Å²) in [5.74, 6) is 6.47. The highest BCUT2D eigenvalue weighted by atomic mass is 16.5. The summed E-state index contributed by atoms with van der Waals surface area (Å²) < 4.78 is 0. The molecule has 1 atom stereocenters. The molecule has 0 aromatic carbocycles. The Kier molecular flexibility index (Phi) is 6.74. The number of nitrogens with two attached hydrogens (primary N) is 1. The van der Waals surface area contributed by atoms with Crippen LogP contribution >= 0.6 is 0 Å². The zero-order valence-electron chi connectivity index (χ0n) is 16.3. The Morgan fingerprint density at radius 2 is 2.00 bits per heavy atom. The Balaban J connectivity index is 1.77. The molecule has 2 saturated carbocycles. The number of hydrogen-bond donors (Lipinski definition) is 3. The molecule has 0 bridgehead atoms. The van der Waals surface area contributed by atoms with Gasteiger partial charge in [0.15, 0.2) is 0 Å². The summed E-state index contributed by atoms with van der Waals surface area (Å²) in [5.41, 5.74) is 0. The van der Waals surface area contributed by atoms with E-state index in [4.69, 9.17) is 5.84 Å². The number of hydrazine groups is 1. The lowest BCUT2D eigenvalue weighted by atomic mass is 9.92. The minimum absolute atomic E-state index is 0.0759. The van der Waals surface area contributed by atoms with Gasteiger partial charge in [-0.1, -0.05) is 32.6 Å². The first-order valence-corrected chi connectivity index (χ1v) is 10.0. The number of aryl methyl sites for hydroxylation is 1. The van der Waals surface area contributed by atoms with Gasteiger partial charge in [0, 0.05) is 12.5 Å². The lowest BCUT2D eigenvalue weighted by Crippen LogP contribution is -2.46. The average molecular weight is 391 g/mol. The second-order valence-electron chi connectivity index (χ2n) is 7.67. The van der Waals surface area contributed by atoms with Crippen molar-refractivity contribution in [2.75, 3.05) is 16.9 Å². The van der Waals surface area contributed by atoms with Crippen molar-refractivity contribution in [2.45, 2.75) is 64.3 Å². The fraction of sp³-hybridized carbons (Fsp3) is 0.722. The van der Waals surface area contributed by atoms with E-state index in [1.807, 2.05) is 6.92 Å². The van der Waals surface area contributed by atoms with Gasteiger partial charge in [-0.25, -0.2) is 15.9 Å². The van der Waals surface area contributed by atoms with Gasteiger partial charge in [-0.05, 0) is 25.2 Å². The zero-order valence-corrected chi connectivity index (χ0v) is 16.3. The average Bonchev–Trinajstić information content (AvgIpc) is 3.37. The fourth-order valence-corrected chi connectivity index (χ4v) is 3.61. The fourth-order valence-electron chi connectivity index (χ4n) is 3.61. The number of anilines is 2. The number of nitrogens with one attached hydrogen (secondary N) is 1. The van der Waals surface area contributed by atoms with Crippen molar-refractivity contribution in [1.82, 2.24) is 20.0 Å². The lowest BCUT2D eigenvalue weighted by Gasteiger charge is -2.25. The van der Waals surface area contributed by atoms with E-state index in [2.05, 4.69) is 20.3 Å². The lowest BCUT2D eigenvalue weighted by molar-refractivity contribution is -0.154. The Bertz CT molecular complexity index is 692. The molecule has 1 heterocycles. The normalized spacial score (nSPS) is 18.0. The molecule has 1 aromatic heterocycles. The van der Waals surface area contributed by atoms with Gasteiger partial charge in [-0.15, -0.1) is 0 Å². The summed E-state index contributed by atoms with van der Waals surface area (Å²) in [6.07, 6.45) is 7.93. The molecule has 3 rings (SSSR count). The smallest absolute Gasteiger partial charge is 0.252 e. The number of nitrogens with zero attached hydrogens (tertiary/aromatic N) is 5. The third-order valence-corrected chi connectivity index (χ3v) is 5.32. The van der Waals surface area contributed by atoms with Gasteiger partial charge in [0.25, 0.3) is 5.95 Å². The molecule has 4 N–H and O–H groups in total. The number of carbonyl (C=O) groups excluding carboxylic acids is 2. The Morgan fingerprint density at radius 1 is 1.29 bits per heavy atom. The van der Waals surface area contributed by atoms with E-state index in [9.17, 15) is 14.8 Å². The van der Waals surface area contributed by atoms with E-state index in [0.29, 0.717) is 48.0 Å². The van der Waals surface area contributed by atoms with Gasteiger partial charge in [-0.2, -0.15) is 15.0 Å². The third-order valence-electron chi connectivity index (χ3n) is 5.32. The predicted octanol–water partition coefficient (Wildman–Crippen LogP) is 1.26. The van der Waals surface area contributed by atoms with Gasteiger partial charge >= 0.3 is 0 Å². The molecule has 0 unspecified atom stereocenters. The van der Waals surface area contributed by atoms with Crippen LogP contribution in [0.2, 0.25) is 0 Å². The quantitative estimate of drug-likeness (QED) is 0.178. The molecule has 2 amide bonds. The maximum atomic E-state index is 13.1. The first-order chi connectivity index (χ1) is 13.5. The van der Waals surface area contributed by atoms with Crippen molar-refractivity contribution in [3.05, 3.63) is 5.82 Å². The van der Waals surface area contributed by atoms with Crippen LogP contribution in [0.5, 0.6) is 0 Å². The molecule has 2 aliphatic rings.